The molecule has 0 saturated heterocycles. The molecule has 0 fully saturated rings. The minimum absolute atomic E-state index is 0.0958. The zero-order valence-electron chi connectivity index (χ0n) is 12.4. The zero-order chi connectivity index (χ0) is 16.9. The number of nitrogens with zero attached hydrogens (tertiary/aromatic N) is 2. The number of pyridine rings is 1. The van der Waals surface area contributed by atoms with Crippen molar-refractivity contribution < 1.29 is 13.2 Å². The molecule has 2 aromatic rings. The molecule has 2 rings (SSSR count). The Kier molecular flexibility index (Phi) is 5.86. The molecule has 8 heteroatoms. The second-order valence-corrected chi connectivity index (χ2v) is 7.85. The molecule has 0 aliphatic carbocycles. The standard InChI is InChI=1S/C15H16BrN3O3S/c1-23(21,22)19(10-12-4-3-7-17-9-12)11-15(20)18-14-6-2-5-13(16)8-14/h2-9H,10-11H2,1H3,(H,18,20). The highest BCUT2D eigenvalue weighted by molar-refractivity contribution is 9.10. The van der Waals surface area contributed by atoms with Gasteiger partial charge >= 0.3 is 0 Å². The number of nitrogens with one attached hydrogen (secondary N) is 1. The molecule has 1 aromatic carbocycles. The van der Waals surface area contributed by atoms with Crippen LogP contribution in [0.3, 0.4) is 0 Å². The third-order valence-corrected chi connectivity index (χ3v) is 4.67. The summed E-state index contributed by atoms with van der Waals surface area (Å²) >= 11 is 3.31. The van der Waals surface area contributed by atoms with E-state index in [2.05, 4.69) is 26.2 Å². The molecule has 1 amide bonds. The van der Waals surface area contributed by atoms with Gasteiger partial charge in [-0.05, 0) is 29.8 Å². The number of hydrogen-bond donors (Lipinski definition) is 1. The second kappa shape index (κ2) is 7.67. The molecule has 0 atom stereocenters. The smallest absolute Gasteiger partial charge is 0.239 e. The van der Waals surface area contributed by atoms with E-state index in [1.54, 1.807) is 42.7 Å². The molecule has 6 nitrogen and oxygen atoms in total. The van der Waals surface area contributed by atoms with Gasteiger partial charge in [0.05, 0.1) is 12.8 Å². The van der Waals surface area contributed by atoms with Crippen LogP contribution >= 0.6 is 15.9 Å². The van der Waals surface area contributed by atoms with Gasteiger partial charge in [-0.3, -0.25) is 9.78 Å². The van der Waals surface area contributed by atoms with Crippen LogP contribution in [0.25, 0.3) is 0 Å². The van der Waals surface area contributed by atoms with E-state index in [1.807, 2.05) is 6.07 Å². The van der Waals surface area contributed by atoms with Crippen molar-refractivity contribution in [3.63, 3.8) is 0 Å². The summed E-state index contributed by atoms with van der Waals surface area (Å²) in [6.07, 6.45) is 4.26. The Hall–Kier alpha value is -1.77. The van der Waals surface area contributed by atoms with Crippen LogP contribution in [0.4, 0.5) is 5.69 Å². The highest BCUT2D eigenvalue weighted by Crippen LogP contribution is 2.16. The van der Waals surface area contributed by atoms with E-state index in [0.717, 1.165) is 15.0 Å². The monoisotopic (exact) mass is 397 g/mol. The maximum absolute atomic E-state index is 12.1. The van der Waals surface area contributed by atoms with Crippen molar-refractivity contribution >= 4 is 37.5 Å². The van der Waals surface area contributed by atoms with Crippen LogP contribution in [-0.4, -0.2) is 36.4 Å². The molecule has 0 aliphatic rings. The topological polar surface area (TPSA) is 79.4 Å². The molecule has 0 saturated carbocycles. The zero-order valence-corrected chi connectivity index (χ0v) is 14.8. The van der Waals surface area contributed by atoms with Crippen molar-refractivity contribution in [1.82, 2.24) is 9.29 Å². The largest absolute Gasteiger partial charge is 0.325 e. The van der Waals surface area contributed by atoms with E-state index in [-0.39, 0.29) is 13.1 Å². The number of anilines is 1. The second-order valence-electron chi connectivity index (χ2n) is 4.95. The number of benzene rings is 1. The molecule has 1 N–H and O–H groups in total. The first-order valence-corrected chi connectivity index (χ1v) is 9.38. The predicted molar refractivity (Wildman–Crippen MR) is 92.3 cm³/mol. The first-order chi connectivity index (χ1) is 10.8. The van der Waals surface area contributed by atoms with Gasteiger partial charge in [-0.25, -0.2) is 8.42 Å². The summed E-state index contributed by atoms with van der Waals surface area (Å²) in [4.78, 5) is 16.1. The average molecular weight is 398 g/mol. The third-order valence-electron chi connectivity index (χ3n) is 2.98. The minimum Gasteiger partial charge on any atom is -0.325 e. The fourth-order valence-electron chi connectivity index (χ4n) is 1.91. The van der Waals surface area contributed by atoms with Crippen LogP contribution < -0.4 is 5.32 Å². The lowest BCUT2D eigenvalue weighted by Gasteiger charge is -2.19. The number of carbonyl (C=O) groups is 1. The summed E-state index contributed by atoms with van der Waals surface area (Å²) in [6.45, 7) is -0.168. The number of sulfonamides is 1. The van der Waals surface area contributed by atoms with Crippen LogP contribution in [0, 0.1) is 0 Å². The molecular weight excluding hydrogens is 382 g/mol. The van der Waals surface area contributed by atoms with E-state index in [1.165, 1.54) is 0 Å². The van der Waals surface area contributed by atoms with Crippen LogP contribution in [0.5, 0.6) is 0 Å². The summed E-state index contributed by atoms with van der Waals surface area (Å²) in [5.41, 5.74) is 1.31. The van der Waals surface area contributed by atoms with E-state index in [4.69, 9.17) is 0 Å². The number of halogens is 1. The molecule has 0 bridgehead atoms. The molecule has 0 aliphatic heterocycles. The molecule has 0 unspecified atom stereocenters. The molecule has 23 heavy (non-hydrogen) atoms. The van der Waals surface area contributed by atoms with Gasteiger partial charge in [0.2, 0.25) is 15.9 Å². The van der Waals surface area contributed by atoms with E-state index >= 15 is 0 Å². The minimum atomic E-state index is -3.52. The number of rotatable bonds is 6. The predicted octanol–water partition coefficient (Wildman–Crippen LogP) is 2.24. The average Bonchev–Trinajstić information content (AvgIpc) is 2.46. The van der Waals surface area contributed by atoms with Gasteiger partial charge in [-0.1, -0.05) is 28.1 Å². The van der Waals surface area contributed by atoms with Gasteiger partial charge in [0.1, 0.15) is 0 Å². The highest BCUT2D eigenvalue weighted by atomic mass is 79.9. The molecule has 1 aromatic heterocycles. The summed E-state index contributed by atoms with van der Waals surface area (Å²) in [6, 6.07) is 10.6. The Bertz CT molecular complexity index is 782. The molecule has 0 spiro atoms. The fraction of sp³-hybridized carbons (Fsp3) is 0.200. The van der Waals surface area contributed by atoms with Crippen molar-refractivity contribution in [1.29, 1.82) is 0 Å². The van der Waals surface area contributed by atoms with Gasteiger partial charge in [-0.2, -0.15) is 4.31 Å². The lowest BCUT2D eigenvalue weighted by molar-refractivity contribution is -0.116. The quantitative estimate of drug-likeness (QED) is 0.810. The fourth-order valence-corrected chi connectivity index (χ4v) is 3.05. The Labute approximate surface area is 143 Å². The normalized spacial score (nSPS) is 11.4. The SMILES string of the molecule is CS(=O)(=O)N(CC(=O)Nc1cccc(Br)c1)Cc1cccnc1. The van der Waals surface area contributed by atoms with Crippen molar-refractivity contribution in [3.8, 4) is 0 Å². The molecular formula is C15H16BrN3O3S. The Morgan fingerprint density at radius 2 is 2.09 bits per heavy atom. The number of aromatic nitrogens is 1. The maximum atomic E-state index is 12.1. The van der Waals surface area contributed by atoms with Crippen LogP contribution in [-0.2, 0) is 21.4 Å². The lowest BCUT2D eigenvalue weighted by atomic mass is 10.3. The molecule has 1 heterocycles. The molecule has 122 valence electrons. The Morgan fingerprint density at radius 3 is 2.70 bits per heavy atom. The summed E-state index contributed by atoms with van der Waals surface area (Å²) in [7, 11) is -3.52. The van der Waals surface area contributed by atoms with Gasteiger partial charge in [0, 0.05) is 29.1 Å². The Morgan fingerprint density at radius 1 is 1.30 bits per heavy atom. The maximum Gasteiger partial charge on any atom is 0.239 e. The molecule has 0 radical (unpaired) electrons. The van der Waals surface area contributed by atoms with E-state index < -0.39 is 15.9 Å². The van der Waals surface area contributed by atoms with Crippen LogP contribution in [0.15, 0.2) is 53.3 Å². The van der Waals surface area contributed by atoms with Crippen LogP contribution in [0.1, 0.15) is 5.56 Å². The van der Waals surface area contributed by atoms with Gasteiger partial charge < -0.3 is 5.32 Å². The first-order valence-electron chi connectivity index (χ1n) is 6.74. The lowest BCUT2D eigenvalue weighted by Crippen LogP contribution is -2.36. The summed E-state index contributed by atoms with van der Waals surface area (Å²) in [5, 5.41) is 2.68. The summed E-state index contributed by atoms with van der Waals surface area (Å²) < 4.78 is 25.7. The van der Waals surface area contributed by atoms with Crippen molar-refractivity contribution in [2.45, 2.75) is 6.54 Å². The van der Waals surface area contributed by atoms with E-state index in [9.17, 15) is 13.2 Å². The number of carbonyl (C=O) groups excluding carboxylic acids is 1. The number of hydrogen-bond acceptors (Lipinski definition) is 4. The highest BCUT2D eigenvalue weighted by Gasteiger charge is 2.20. The Balaban J connectivity index is 2.07. The van der Waals surface area contributed by atoms with Crippen molar-refractivity contribution in [2.75, 3.05) is 18.1 Å². The van der Waals surface area contributed by atoms with Crippen molar-refractivity contribution in [3.05, 3.63) is 58.8 Å². The van der Waals surface area contributed by atoms with E-state index in [0.29, 0.717) is 11.3 Å². The van der Waals surface area contributed by atoms with Crippen LogP contribution in [0.2, 0.25) is 0 Å². The van der Waals surface area contributed by atoms with Gasteiger partial charge in [0.25, 0.3) is 0 Å². The summed E-state index contributed by atoms with van der Waals surface area (Å²) in [5.74, 6) is -0.405. The first kappa shape index (κ1) is 17.6. The third kappa shape index (κ3) is 5.74. The van der Waals surface area contributed by atoms with Crippen molar-refractivity contribution in [2.24, 2.45) is 0 Å². The van der Waals surface area contributed by atoms with Gasteiger partial charge in [0.15, 0.2) is 0 Å². The van der Waals surface area contributed by atoms with Gasteiger partial charge in [-0.15, -0.1) is 0 Å². The number of amides is 1.